The van der Waals surface area contributed by atoms with Gasteiger partial charge in [-0.2, -0.15) is 13.2 Å². The number of alkyl halides is 3. The SMILES string of the molecule is CC(=O)Nc1ccc(C(C)Nc2ncc(N)c(-c3c[nH]c4ncc(C(F)(F)F)cc34)n2)cc1. The van der Waals surface area contributed by atoms with Gasteiger partial charge < -0.3 is 21.4 Å². The molecule has 1 amide bonds. The fourth-order valence-electron chi connectivity index (χ4n) is 3.37. The van der Waals surface area contributed by atoms with Crippen molar-refractivity contribution in [3.8, 4) is 11.3 Å². The average Bonchev–Trinajstić information content (AvgIpc) is 3.17. The summed E-state index contributed by atoms with van der Waals surface area (Å²) < 4.78 is 39.5. The third-order valence-electron chi connectivity index (χ3n) is 5.01. The van der Waals surface area contributed by atoms with Gasteiger partial charge >= 0.3 is 6.18 Å². The van der Waals surface area contributed by atoms with Gasteiger partial charge in [-0.3, -0.25) is 4.79 Å². The van der Waals surface area contributed by atoms with Crippen molar-refractivity contribution in [1.29, 1.82) is 0 Å². The molecule has 3 aromatic heterocycles. The summed E-state index contributed by atoms with van der Waals surface area (Å²) in [5, 5.41) is 6.11. The molecule has 4 rings (SSSR count). The van der Waals surface area contributed by atoms with Crippen molar-refractivity contribution in [2.75, 3.05) is 16.4 Å². The molecule has 0 radical (unpaired) electrons. The summed E-state index contributed by atoms with van der Waals surface area (Å²) in [6.07, 6.45) is -0.829. The first kappa shape index (κ1) is 22.1. The number of anilines is 3. The predicted molar refractivity (Wildman–Crippen MR) is 119 cm³/mol. The monoisotopic (exact) mass is 455 g/mol. The molecule has 33 heavy (non-hydrogen) atoms. The normalized spacial score (nSPS) is 12.5. The van der Waals surface area contributed by atoms with Crippen LogP contribution in [-0.2, 0) is 11.0 Å². The van der Waals surface area contributed by atoms with E-state index in [1.165, 1.54) is 19.3 Å². The lowest BCUT2D eigenvalue weighted by molar-refractivity contribution is -0.137. The van der Waals surface area contributed by atoms with Crippen molar-refractivity contribution >= 4 is 34.3 Å². The minimum atomic E-state index is -4.52. The minimum Gasteiger partial charge on any atom is -0.396 e. The fraction of sp³-hybridized carbons (Fsp3) is 0.182. The number of H-pyrrole nitrogens is 1. The van der Waals surface area contributed by atoms with Crippen LogP contribution in [0.25, 0.3) is 22.3 Å². The lowest BCUT2D eigenvalue weighted by Gasteiger charge is -2.16. The first-order chi connectivity index (χ1) is 15.6. The molecule has 1 atom stereocenters. The lowest BCUT2D eigenvalue weighted by atomic mass is 10.1. The zero-order valence-corrected chi connectivity index (χ0v) is 17.7. The van der Waals surface area contributed by atoms with Crippen molar-refractivity contribution in [3.05, 3.63) is 60.0 Å². The molecule has 11 heteroatoms. The minimum absolute atomic E-state index is 0.161. The smallest absolute Gasteiger partial charge is 0.396 e. The van der Waals surface area contributed by atoms with E-state index in [1.54, 1.807) is 12.1 Å². The van der Waals surface area contributed by atoms with Crippen LogP contribution in [0.4, 0.5) is 30.5 Å². The van der Waals surface area contributed by atoms with E-state index in [0.29, 0.717) is 11.3 Å². The maximum Gasteiger partial charge on any atom is 0.417 e. The number of hydrogen-bond donors (Lipinski definition) is 4. The number of halogens is 3. The molecule has 0 bridgehead atoms. The number of aromatic amines is 1. The van der Waals surface area contributed by atoms with E-state index in [1.807, 2.05) is 19.1 Å². The Bertz CT molecular complexity index is 1320. The number of nitrogens with two attached hydrogens (primary N) is 1. The number of hydrogen-bond acceptors (Lipinski definition) is 6. The first-order valence-electron chi connectivity index (χ1n) is 9.93. The van der Waals surface area contributed by atoms with E-state index in [2.05, 4.69) is 30.6 Å². The molecule has 0 fully saturated rings. The fourth-order valence-corrected chi connectivity index (χ4v) is 3.37. The molecule has 170 valence electrons. The number of rotatable bonds is 5. The highest BCUT2D eigenvalue weighted by molar-refractivity contribution is 5.95. The highest BCUT2D eigenvalue weighted by atomic mass is 19.4. The third kappa shape index (κ3) is 4.71. The average molecular weight is 455 g/mol. The van der Waals surface area contributed by atoms with E-state index in [0.717, 1.165) is 17.8 Å². The molecule has 8 nitrogen and oxygen atoms in total. The summed E-state index contributed by atoms with van der Waals surface area (Å²) in [6.45, 7) is 3.33. The Labute approximate surface area is 186 Å². The Morgan fingerprint density at radius 1 is 1.15 bits per heavy atom. The van der Waals surface area contributed by atoms with Gasteiger partial charge in [-0.05, 0) is 30.7 Å². The van der Waals surface area contributed by atoms with Gasteiger partial charge in [0.15, 0.2) is 0 Å². The van der Waals surface area contributed by atoms with Crippen LogP contribution in [0.3, 0.4) is 0 Å². The van der Waals surface area contributed by atoms with Crippen LogP contribution < -0.4 is 16.4 Å². The molecular weight excluding hydrogens is 435 g/mol. The first-order valence-corrected chi connectivity index (χ1v) is 9.93. The van der Waals surface area contributed by atoms with E-state index < -0.39 is 11.7 Å². The molecule has 3 heterocycles. The summed E-state index contributed by atoms with van der Waals surface area (Å²) in [5.41, 5.74) is 7.95. The maximum absolute atomic E-state index is 13.2. The molecule has 1 unspecified atom stereocenters. The van der Waals surface area contributed by atoms with Crippen LogP contribution in [-0.4, -0.2) is 25.8 Å². The molecule has 1 aromatic carbocycles. The predicted octanol–water partition coefficient (Wildman–Crippen LogP) is 4.75. The lowest BCUT2D eigenvalue weighted by Crippen LogP contribution is -2.11. The Morgan fingerprint density at radius 2 is 1.88 bits per heavy atom. The number of aromatic nitrogens is 4. The number of benzene rings is 1. The number of amides is 1. The molecule has 0 aliphatic heterocycles. The molecular formula is C22H20F3N7O. The number of carbonyl (C=O) groups excluding carboxylic acids is 1. The van der Waals surface area contributed by atoms with Crippen LogP contribution in [0.15, 0.2) is 48.9 Å². The highest BCUT2D eigenvalue weighted by Gasteiger charge is 2.31. The second-order valence-electron chi connectivity index (χ2n) is 7.49. The van der Waals surface area contributed by atoms with Gasteiger partial charge in [-0.1, -0.05) is 12.1 Å². The van der Waals surface area contributed by atoms with E-state index in [4.69, 9.17) is 5.73 Å². The number of carbonyl (C=O) groups is 1. The van der Waals surface area contributed by atoms with Gasteiger partial charge in [0.25, 0.3) is 0 Å². The zero-order valence-electron chi connectivity index (χ0n) is 17.7. The van der Waals surface area contributed by atoms with Crippen molar-refractivity contribution in [3.63, 3.8) is 0 Å². The van der Waals surface area contributed by atoms with Gasteiger partial charge in [0, 0.05) is 36.0 Å². The molecule has 0 spiro atoms. The number of nitrogen functional groups attached to an aromatic ring is 1. The Kier molecular flexibility index (Phi) is 5.62. The standard InChI is InChI=1S/C22H20F3N7O/c1-11(13-3-5-15(6-4-13)31-12(2)33)30-21-29-10-18(26)19(32-21)17-9-28-20-16(17)7-14(8-27-20)22(23,24)25/h3-11H,26H2,1-2H3,(H,27,28)(H,31,33)(H,29,30,32). The van der Waals surface area contributed by atoms with Crippen molar-refractivity contribution in [2.45, 2.75) is 26.1 Å². The molecule has 4 aromatic rings. The summed E-state index contributed by atoms with van der Waals surface area (Å²) in [7, 11) is 0. The second kappa shape index (κ2) is 8.41. The van der Waals surface area contributed by atoms with Gasteiger partial charge in [0.2, 0.25) is 11.9 Å². The van der Waals surface area contributed by atoms with Crippen LogP contribution in [0, 0.1) is 0 Å². The van der Waals surface area contributed by atoms with Crippen molar-refractivity contribution in [2.24, 2.45) is 0 Å². The van der Waals surface area contributed by atoms with Gasteiger partial charge in [-0.25, -0.2) is 15.0 Å². The summed E-state index contributed by atoms with van der Waals surface area (Å²) >= 11 is 0. The summed E-state index contributed by atoms with van der Waals surface area (Å²) in [6, 6.07) is 8.08. The van der Waals surface area contributed by atoms with Crippen molar-refractivity contribution < 1.29 is 18.0 Å². The number of pyridine rings is 1. The van der Waals surface area contributed by atoms with Crippen LogP contribution >= 0.6 is 0 Å². The highest BCUT2D eigenvalue weighted by Crippen LogP contribution is 2.35. The molecule has 5 N–H and O–H groups in total. The topological polar surface area (TPSA) is 122 Å². The second-order valence-corrected chi connectivity index (χ2v) is 7.49. The van der Waals surface area contributed by atoms with Gasteiger partial charge in [0.05, 0.1) is 23.5 Å². The Balaban J connectivity index is 1.63. The van der Waals surface area contributed by atoms with Gasteiger partial charge in [0.1, 0.15) is 11.3 Å². The van der Waals surface area contributed by atoms with Gasteiger partial charge in [-0.15, -0.1) is 0 Å². The van der Waals surface area contributed by atoms with Crippen LogP contribution in [0.1, 0.15) is 31.0 Å². The van der Waals surface area contributed by atoms with E-state index >= 15 is 0 Å². The van der Waals surface area contributed by atoms with Crippen molar-refractivity contribution in [1.82, 2.24) is 19.9 Å². The number of nitrogens with zero attached hydrogens (tertiary/aromatic N) is 3. The van der Waals surface area contributed by atoms with Crippen LogP contribution in [0.5, 0.6) is 0 Å². The quantitative estimate of drug-likeness (QED) is 0.345. The molecule has 0 aliphatic rings. The third-order valence-corrected chi connectivity index (χ3v) is 5.01. The molecule has 0 saturated carbocycles. The molecule has 0 aliphatic carbocycles. The molecule has 0 saturated heterocycles. The van der Waals surface area contributed by atoms with E-state index in [9.17, 15) is 18.0 Å². The summed E-state index contributed by atoms with van der Waals surface area (Å²) in [4.78, 5) is 26.5. The van der Waals surface area contributed by atoms with E-state index in [-0.39, 0.29) is 40.3 Å². The zero-order chi connectivity index (χ0) is 23.8. The number of fused-ring (bicyclic) bond motifs is 1. The number of nitrogens with one attached hydrogen (secondary N) is 3. The largest absolute Gasteiger partial charge is 0.417 e. The Morgan fingerprint density at radius 3 is 2.55 bits per heavy atom. The summed E-state index contributed by atoms with van der Waals surface area (Å²) in [5.74, 6) is 0.0958. The van der Waals surface area contributed by atoms with Crippen LogP contribution in [0.2, 0.25) is 0 Å². The maximum atomic E-state index is 13.2. The Hall–Kier alpha value is -4.15.